The van der Waals surface area contributed by atoms with E-state index in [4.69, 9.17) is 23.2 Å². The first kappa shape index (κ1) is 28.3. The van der Waals surface area contributed by atoms with E-state index in [1.807, 2.05) is 36.4 Å². The van der Waals surface area contributed by atoms with E-state index in [1.54, 1.807) is 0 Å². The molecule has 5 rings (SSSR count). The summed E-state index contributed by atoms with van der Waals surface area (Å²) in [6.07, 6.45) is 2.02. The Morgan fingerprint density at radius 3 is 1.81 bits per heavy atom. The molecule has 3 aliphatic heterocycles. The van der Waals surface area contributed by atoms with E-state index < -0.39 is 0 Å². The number of nitrogens with one attached hydrogen (secondary N) is 1. The molecule has 8 heteroatoms. The topological polar surface area (TPSA) is 42.1 Å². The van der Waals surface area contributed by atoms with Crippen LogP contribution in [-0.4, -0.2) is 98.0 Å². The first-order valence-electron chi connectivity index (χ1n) is 13.6. The third kappa shape index (κ3) is 9.24. The molecule has 1 N–H and O–H groups in total. The molecule has 6 nitrogen and oxygen atoms in total. The average molecular weight is 547 g/mol. The molecular formula is C29H41Cl2N5O. The molecule has 0 aromatic heterocycles. The Balaban J connectivity index is 0.000000195. The molecule has 3 aliphatic rings. The summed E-state index contributed by atoms with van der Waals surface area (Å²) in [5.74, 6) is 0.617. The van der Waals surface area contributed by atoms with Gasteiger partial charge in [0, 0.05) is 81.4 Å². The predicted molar refractivity (Wildman–Crippen MR) is 153 cm³/mol. The number of hydrogen-bond acceptors (Lipinski definition) is 5. The van der Waals surface area contributed by atoms with Crippen molar-refractivity contribution < 1.29 is 4.79 Å². The Kier molecular flexibility index (Phi) is 11.1. The van der Waals surface area contributed by atoms with Crippen LogP contribution in [0.2, 0.25) is 10.0 Å². The number of piperazine rings is 2. The molecule has 202 valence electrons. The van der Waals surface area contributed by atoms with Crippen LogP contribution in [0.15, 0.2) is 48.5 Å². The zero-order chi connectivity index (χ0) is 26.0. The Morgan fingerprint density at radius 2 is 1.30 bits per heavy atom. The van der Waals surface area contributed by atoms with Crippen LogP contribution in [0.25, 0.3) is 0 Å². The van der Waals surface area contributed by atoms with Crippen LogP contribution >= 0.6 is 23.2 Å². The number of amides is 1. The van der Waals surface area contributed by atoms with Gasteiger partial charge in [-0.05, 0) is 68.4 Å². The second-order valence-corrected chi connectivity index (χ2v) is 11.3. The second kappa shape index (κ2) is 14.5. The number of rotatable bonds is 5. The summed E-state index contributed by atoms with van der Waals surface area (Å²) >= 11 is 12.0. The fourth-order valence-corrected chi connectivity index (χ4v) is 5.72. The summed E-state index contributed by atoms with van der Waals surface area (Å²) in [6.45, 7) is 12.1. The van der Waals surface area contributed by atoms with Gasteiger partial charge < -0.3 is 15.1 Å². The first-order chi connectivity index (χ1) is 18.0. The fraction of sp³-hybridized carbons (Fsp3) is 0.552. The van der Waals surface area contributed by atoms with E-state index in [0.29, 0.717) is 5.91 Å². The van der Waals surface area contributed by atoms with Crippen molar-refractivity contribution in [2.45, 2.75) is 25.9 Å². The molecule has 0 unspecified atom stereocenters. The molecule has 37 heavy (non-hydrogen) atoms. The van der Waals surface area contributed by atoms with E-state index >= 15 is 0 Å². The van der Waals surface area contributed by atoms with Gasteiger partial charge in [0.1, 0.15) is 0 Å². The van der Waals surface area contributed by atoms with Crippen LogP contribution in [0, 0.1) is 5.92 Å². The van der Waals surface area contributed by atoms with Crippen LogP contribution < -0.4 is 5.32 Å². The standard InChI is InChI=1S/C18H26ClN3O.C11H15ClN2/c1-20-7-5-16(6-8-20)18(23)22-11-9-21(10-12-22)14-15-3-2-4-17(19)13-15;12-11-3-1-2-10(8-11)9-14-6-4-13-5-7-14/h2-4,13,16H,5-12,14H2,1H3;1-3,8,13H,4-7,9H2. The molecule has 0 aliphatic carbocycles. The lowest BCUT2D eigenvalue weighted by Gasteiger charge is -2.38. The fourth-order valence-electron chi connectivity index (χ4n) is 5.30. The lowest BCUT2D eigenvalue weighted by molar-refractivity contribution is -0.138. The van der Waals surface area contributed by atoms with Gasteiger partial charge in [-0.3, -0.25) is 14.6 Å². The Bertz CT molecular complexity index is 984. The Labute approximate surface area is 232 Å². The first-order valence-corrected chi connectivity index (χ1v) is 14.3. The maximum atomic E-state index is 12.6. The SMILES string of the molecule is CN1CCC(C(=O)N2CCN(Cc3cccc(Cl)c3)CC2)CC1.Clc1cccc(CN2CCNCC2)c1. The van der Waals surface area contributed by atoms with E-state index in [-0.39, 0.29) is 5.92 Å². The lowest BCUT2D eigenvalue weighted by Crippen LogP contribution is -2.51. The van der Waals surface area contributed by atoms with Gasteiger partial charge in [-0.1, -0.05) is 47.5 Å². The monoisotopic (exact) mass is 545 g/mol. The highest BCUT2D eigenvalue weighted by Gasteiger charge is 2.29. The van der Waals surface area contributed by atoms with Gasteiger partial charge in [-0.25, -0.2) is 0 Å². The molecule has 3 heterocycles. The van der Waals surface area contributed by atoms with Crippen LogP contribution in [0.3, 0.4) is 0 Å². The zero-order valence-corrected chi connectivity index (χ0v) is 23.6. The molecule has 0 spiro atoms. The van der Waals surface area contributed by atoms with Gasteiger partial charge in [-0.2, -0.15) is 0 Å². The van der Waals surface area contributed by atoms with Crippen molar-refractivity contribution in [1.29, 1.82) is 0 Å². The molecule has 1 amide bonds. The van der Waals surface area contributed by atoms with Crippen molar-refractivity contribution in [3.05, 3.63) is 69.7 Å². The van der Waals surface area contributed by atoms with E-state index in [1.165, 1.54) is 11.1 Å². The van der Waals surface area contributed by atoms with Crippen molar-refractivity contribution in [2.24, 2.45) is 5.92 Å². The summed E-state index contributed by atoms with van der Waals surface area (Å²) in [7, 11) is 2.13. The maximum absolute atomic E-state index is 12.6. The van der Waals surface area contributed by atoms with Crippen LogP contribution in [-0.2, 0) is 17.9 Å². The summed E-state index contributed by atoms with van der Waals surface area (Å²) in [6, 6.07) is 16.2. The number of carbonyl (C=O) groups excluding carboxylic acids is 1. The zero-order valence-electron chi connectivity index (χ0n) is 22.0. The molecule has 0 saturated carbocycles. The number of piperidine rings is 1. The third-order valence-electron chi connectivity index (χ3n) is 7.55. The quantitative estimate of drug-likeness (QED) is 0.613. The van der Waals surface area contributed by atoms with Crippen molar-refractivity contribution in [2.75, 3.05) is 72.5 Å². The summed E-state index contributed by atoms with van der Waals surface area (Å²) < 4.78 is 0. The van der Waals surface area contributed by atoms with Crippen molar-refractivity contribution in [1.82, 2.24) is 24.9 Å². The van der Waals surface area contributed by atoms with E-state index in [0.717, 1.165) is 101 Å². The molecule has 3 fully saturated rings. The summed E-state index contributed by atoms with van der Waals surface area (Å²) in [5, 5.41) is 4.97. The van der Waals surface area contributed by atoms with Crippen LogP contribution in [0.1, 0.15) is 24.0 Å². The number of halogens is 2. The van der Waals surface area contributed by atoms with Crippen LogP contribution in [0.5, 0.6) is 0 Å². The predicted octanol–water partition coefficient (Wildman–Crippen LogP) is 4.07. The molecule has 0 atom stereocenters. The minimum Gasteiger partial charge on any atom is -0.340 e. The minimum absolute atomic E-state index is 0.241. The molecule has 0 radical (unpaired) electrons. The summed E-state index contributed by atoms with van der Waals surface area (Å²) in [4.78, 5) is 21.9. The molecule has 0 bridgehead atoms. The van der Waals surface area contributed by atoms with Gasteiger partial charge in [0.05, 0.1) is 0 Å². The maximum Gasteiger partial charge on any atom is 0.225 e. The van der Waals surface area contributed by atoms with Crippen LogP contribution in [0.4, 0.5) is 0 Å². The van der Waals surface area contributed by atoms with Gasteiger partial charge in [0.2, 0.25) is 5.91 Å². The largest absolute Gasteiger partial charge is 0.340 e. The highest BCUT2D eigenvalue weighted by atomic mass is 35.5. The van der Waals surface area contributed by atoms with Gasteiger partial charge >= 0.3 is 0 Å². The normalized spacial score (nSPS) is 20.4. The van der Waals surface area contributed by atoms with Gasteiger partial charge in [0.25, 0.3) is 0 Å². The van der Waals surface area contributed by atoms with Crippen molar-refractivity contribution in [3.63, 3.8) is 0 Å². The molecular weight excluding hydrogens is 505 g/mol. The van der Waals surface area contributed by atoms with E-state index in [2.05, 4.69) is 44.1 Å². The number of nitrogens with zero attached hydrogens (tertiary/aromatic N) is 4. The smallest absolute Gasteiger partial charge is 0.225 e. The van der Waals surface area contributed by atoms with Gasteiger partial charge in [0.15, 0.2) is 0 Å². The number of benzene rings is 2. The average Bonchev–Trinajstić information content (AvgIpc) is 2.90. The number of hydrogen-bond donors (Lipinski definition) is 1. The number of likely N-dealkylation sites (tertiary alicyclic amines) is 1. The Hall–Kier alpha value is -1.67. The lowest BCUT2D eigenvalue weighted by atomic mass is 9.95. The van der Waals surface area contributed by atoms with Gasteiger partial charge in [-0.15, -0.1) is 0 Å². The summed E-state index contributed by atoms with van der Waals surface area (Å²) in [5.41, 5.74) is 2.55. The number of carbonyl (C=O) groups is 1. The van der Waals surface area contributed by atoms with Crippen molar-refractivity contribution >= 4 is 29.1 Å². The highest BCUT2D eigenvalue weighted by Crippen LogP contribution is 2.20. The van der Waals surface area contributed by atoms with E-state index in [9.17, 15) is 4.79 Å². The third-order valence-corrected chi connectivity index (χ3v) is 8.02. The second-order valence-electron chi connectivity index (χ2n) is 10.5. The molecule has 2 aromatic carbocycles. The van der Waals surface area contributed by atoms with Crippen molar-refractivity contribution in [3.8, 4) is 0 Å². The highest BCUT2D eigenvalue weighted by molar-refractivity contribution is 6.30. The Morgan fingerprint density at radius 1 is 0.784 bits per heavy atom. The minimum atomic E-state index is 0.241. The molecule has 2 aromatic rings. The molecule has 3 saturated heterocycles.